The summed E-state index contributed by atoms with van der Waals surface area (Å²) < 4.78 is 40.2. The molecule has 3 aromatic rings. The molecule has 0 aliphatic heterocycles. The number of thiazole rings is 1. The van der Waals surface area contributed by atoms with Crippen LogP contribution < -0.4 is 5.32 Å². The van der Waals surface area contributed by atoms with Gasteiger partial charge in [0.1, 0.15) is 5.69 Å². The van der Waals surface area contributed by atoms with E-state index in [1.807, 2.05) is 0 Å². The molecule has 0 atom stereocenters. The van der Waals surface area contributed by atoms with Gasteiger partial charge >= 0.3 is 6.18 Å². The summed E-state index contributed by atoms with van der Waals surface area (Å²) in [7, 11) is 0. The van der Waals surface area contributed by atoms with Crippen LogP contribution in [-0.4, -0.2) is 21.8 Å². The van der Waals surface area contributed by atoms with Gasteiger partial charge in [0.15, 0.2) is 4.96 Å². The molecule has 1 amide bonds. The van der Waals surface area contributed by atoms with Crippen LogP contribution in [0.2, 0.25) is 0 Å². The minimum absolute atomic E-state index is 0.219. The molecule has 0 bridgehead atoms. The summed E-state index contributed by atoms with van der Waals surface area (Å²) in [5.41, 5.74) is 0.115. The fraction of sp³-hybridized carbons (Fsp3) is 0.294. The fourth-order valence-electron chi connectivity index (χ4n) is 2.54. The lowest BCUT2D eigenvalue weighted by atomic mass is 10.1. The van der Waals surface area contributed by atoms with Crippen LogP contribution in [-0.2, 0) is 6.18 Å². The summed E-state index contributed by atoms with van der Waals surface area (Å²) >= 11 is 1.25. The van der Waals surface area contributed by atoms with Crippen molar-refractivity contribution in [3.05, 3.63) is 47.9 Å². The van der Waals surface area contributed by atoms with Crippen LogP contribution in [0.15, 0.2) is 36.7 Å². The largest absolute Gasteiger partial charge is 0.416 e. The molecule has 0 spiro atoms. The number of nitrogens with zero attached hydrogens (tertiary/aromatic N) is 2. The van der Waals surface area contributed by atoms with Gasteiger partial charge in [-0.25, -0.2) is 4.98 Å². The average molecular weight is 365 g/mol. The Balaban J connectivity index is 1.58. The summed E-state index contributed by atoms with van der Waals surface area (Å²) in [4.78, 5) is 17.6. The van der Waals surface area contributed by atoms with Crippen LogP contribution in [0.1, 0.15) is 28.9 Å². The van der Waals surface area contributed by atoms with E-state index in [4.69, 9.17) is 0 Å². The molecule has 2 heterocycles. The van der Waals surface area contributed by atoms with Gasteiger partial charge in [0.05, 0.1) is 10.4 Å². The lowest BCUT2D eigenvalue weighted by Crippen LogP contribution is -2.25. The number of hydrogen-bond donors (Lipinski definition) is 1. The van der Waals surface area contributed by atoms with Crippen LogP contribution in [0.25, 0.3) is 15.4 Å². The highest BCUT2D eigenvalue weighted by molar-refractivity contribution is 7.20. The van der Waals surface area contributed by atoms with Crippen molar-refractivity contribution in [2.45, 2.75) is 19.0 Å². The molecule has 0 radical (unpaired) electrons. The number of fused-ring (bicyclic) bond motifs is 1. The summed E-state index contributed by atoms with van der Waals surface area (Å²) in [6.07, 6.45) is 1.23. The number of imidazole rings is 1. The summed E-state index contributed by atoms with van der Waals surface area (Å²) in [5, 5.41) is 2.85. The normalized spacial score (nSPS) is 14.8. The molecule has 4 nitrogen and oxygen atoms in total. The third-order valence-corrected chi connectivity index (χ3v) is 5.16. The Hall–Kier alpha value is -2.35. The third-order valence-electron chi connectivity index (χ3n) is 4.11. The van der Waals surface area contributed by atoms with E-state index in [1.54, 1.807) is 22.9 Å². The van der Waals surface area contributed by atoms with Crippen LogP contribution in [0.3, 0.4) is 0 Å². The van der Waals surface area contributed by atoms with Gasteiger partial charge in [-0.15, -0.1) is 0 Å². The van der Waals surface area contributed by atoms with E-state index in [1.165, 1.54) is 17.4 Å². The van der Waals surface area contributed by atoms with Crippen molar-refractivity contribution < 1.29 is 18.0 Å². The molecule has 2 aromatic heterocycles. The molecule has 130 valence electrons. The second-order valence-electron chi connectivity index (χ2n) is 6.14. The van der Waals surface area contributed by atoms with Gasteiger partial charge in [-0.05, 0) is 36.5 Å². The molecule has 1 N–H and O–H groups in total. The number of hydrogen-bond acceptors (Lipinski definition) is 3. The molecule has 1 saturated carbocycles. The van der Waals surface area contributed by atoms with Crippen molar-refractivity contribution in [2.24, 2.45) is 5.92 Å². The number of alkyl halides is 3. The summed E-state index contributed by atoms with van der Waals surface area (Å²) in [6, 6.07) is 5.18. The van der Waals surface area contributed by atoms with Crippen molar-refractivity contribution in [2.75, 3.05) is 6.54 Å². The van der Waals surface area contributed by atoms with Crippen LogP contribution in [0.4, 0.5) is 13.2 Å². The van der Waals surface area contributed by atoms with Gasteiger partial charge in [0.2, 0.25) is 0 Å². The molecule has 4 rings (SSSR count). The van der Waals surface area contributed by atoms with E-state index in [9.17, 15) is 18.0 Å². The lowest BCUT2D eigenvalue weighted by Gasteiger charge is -2.07. The monoisotopic (exact) mass is 365 g/mol. The first-order valence-electron chi connectivity index (χ1n) is 7.84. The number of benzene rings is 1. The van der Waals surface area contributed by atoms with Crippen molar-refractivity contribution in [1.29, 1.82) is 0 Å². The third kappa shape index (κ3) is 3.39. The first-order chi connectivity index (χ1) is 11.9. The maximum Gasteiger partial charge on any atom is 0.416 e. The minimum atomic E-state index is -4.37. The van der Waals surface area contributed by atoms with E-state index < -0.39 is 11.7 Å². The highest BCUT2D eigenvalue weighted by Gasteiger charge is 2.30. The van der Waals surface area contributed by atoms with E-state index >= 15 is 0 Å². The van der Waals surface area contributed by atoms with E-state index in [0.717, 1.165) is 25.0 Å². The molecule has 8 heteroatoms. The van der Waals surface area contributed by atoms with Crippen LogP contribution in [0, 0.1) is 5.92 Å². The van der Waals surface area contributed by atoms with Gasteiger partial charge in [0.25, 0.3) is 5.91 Å². The molecule has 1 aromatic carbocycles. The van der Waals surface area contributed by atoms with E-state index in [2.05, 4.69) is 10.3 Å². The maximum atomic E-state index is 12.8. The maximum absolute atomic E-state index is 12.8. The summed E-state index contributed by atoms with van der Waals surface area (Å²) in [6.45, 7) is 0.666. The molecule has 25 heavy (non-hydrogen) atoms. The van der Waals surface area contributed by atoms with E-state index in [-0.39, 0.29) is 5.91 Å². The zero-order valence-corrected chi connectivity index (χ0v) is 13.8. The zero-order chi connectivity index (χ0) is 17.6. The highest BCUT2D eigenvalue weighted by atomic mass is 32.1. The lowest BCUT2D eigenvalue weighted by molar-refractivity contribution is -0.137. The number of nitrogens with one attached hydrogen (secondary N) is 1. The van der Waals surface area contributed by atoms with Crippen molar-refractivity contribution >= 4 is 22.2 Å². The van der Waals surface area contributed by atoms with Crippen molar-refractivity contribution in [3.8, 4) is 10.4 Å². The van der Waals surface area contributed by atoms with Crippen molar-refractivity contribution in [1.82, 2.24) is 14.7 Å². The molecule has 0 saturated heterocycles. The standard InChI is InChI=1S/C17H14F3N3OS/c18-17(19,20)12-3-1-2-11(6-12)14-9-23-8-13(22-16(23)25-14)15(24)21-7-10-4-5-10/h1-3,6,8-10H,4-5,7H2,(H,21,24). The predicted octanol–water partition coefficient (Wildman–Crippen LogP) is 4.22. The average Bonchev–Trinajstić information content (AvgIpc) is 3.18. The van der Waals surface area contributed by atoms with Crippen molar-refractivity contribution in [3.63, 3.8) is 0 Å². The smallest absolute Gasteiger partial charge is 0.350 e. The van der Waals surface area contributed by atoms with Gasteiger partial charge in [0, 0.05) is 18.9 Å². The van der Waals surface area contributed by atoms with Gasteiger partial charge < -0.3 is 5.32 Å². The van der Waals surface area contributed by atoms with Gasteiger partial charge in [-0.1, -0.05) is 23.5 Å². The Morgan fingerprint density at radius 2 is 2.12 bits per heavy atom. The quantitative estimate of drug-likeness (QED) is 0.752. The number of rotatable bonds is 4. The second-order valence-corrected chi connectivity index (χ2v) is 7.15. The minimum Gasteiger partial charge on any atom is -0.350 e. The SMILES string of the molecule is O=C(NCC1CC1)c1cn2cc(-c3cccc(C(F)(F)F)c3)sc2n1. The second kappa shape index (κ2) is 5.87. The zero-order valence-electron chi connectivity index (χ0n) is 13.0. The van der Waals surface area contributed by atoms with Gasteiger partial charge in [-0.3, -0.25) is 9.20 Å². The summed E-state index contributed by atoms with van der Waals surface area (Å²) in [5.74, 6) is 0.364. The molecular formula is C17H14F3N3OS. The molecule has 1 fully saturated rings. The van der Waals surface area contributed by atoms with E-state index in [0.29, 0.717) is 33.6 Å². The number of halogens is 3. The number of carbonyl (C=O) groups is 1. The van der Waals surface area contributed by atoms with Crippen LogP contribution >= 0.6 is 11.3 Å². The molecule has 1 aliphatic carbocycles. The Kier molecular flexibility index (Phi) is 3.79. The fourth-order valence-corrected chi connectivity index (χ4v) is 3.50. The number of carbonyl (C=O) groups excluding carboxylic acids is 1. The topological polar surface area (TPSA) is 46.4 Å². The molecule has 1 aliphatic rings. The molecular weight excluding hydrogens is 351 g/mol. The van der Waals surface area contributed by atoms with Crippen LogP contribution in [0.5, 0.6) is 0 Å². The number of amides is 1. The first-order valence-corrected chi connectivity index (χ1v) is 8.66. The Morgan fingerprint density at radius 3 is 2.80 bits per heavy atom. The van der Waals surface area contributed by atoms with Gasteiger partial charge in [-0.2, -0.15) is 13.2 Å². The highest BCUT2D eigenvalue weighted by Crippen LogP contribution is 2.34. The Morgan fingerprint density at radius 1 is 1.32 bits per heavy atom. The predicted molar refractivity (Wildman–Crippen MR) is 88.6 cm³/mol. The molecule has 0 unspecified atom stereocenters. The first kappa shape index (κ1) is 16.1. The Labute approximate surface area is 145 Å². The number of aromatic nitrogens is 2. The Bertz CT molecular complexity index is 909.